The first kappa shape index (κ1) is 19.3. The normalized spacial score (nSPS) is 10.8. The van der Waals surface area contributed by atoms with Crippen molar-refractivity contribution in [2.45, 2.75) is 17.6 Å². The molecule has 1 amide bonds. The molecular weight excluding hydrogens is 390 g/mol. The van der Waals surface area contributed by atoms with Crippen molar-refractivity contribution in [3.05, 3.63) is 59.6 Å². The van der Waals surface area contributed by atoms with E-state index >= 15 is 0 Å². The van der Waals surface area contributed by atoms with Gasteiger partial charge in [-0.3, -0.25) is 4.79 Å². The molecule has 27 heavy (non-hydrogen) atoms. The fraction of sp³-hybridized carbons (Fsp3) is 0.158. The van der Waals surface area contributed by atoms with Crippen molar-refractivity contribution >= 4 is 34.7 Å². The Balaban J connectivity index is 1.50. The third kappa shape index (κ3) is 5.77. The lowest BCUT2D eigenvalue weighted by molar-refractivity contribution is -0.118. The fourth-order valence-electron chi connectivity index (χ4n) is 2.25. The Bertz CT molecular complexity index is 897. The van der Waals surface area contributed by atoms with E-state index in [4.69, 9.17) is 4.74 Å². The lowest BCUT2D eigenvalue weighted by atomic mass is 10.2. The van der Waals surface area contributed by atoms with Crippen LogP contribution < -0.4 is 10.1 Å². The molecule has 0 unspecified atom stereocenters. The minimum Gasteiger partial charge on any atom is -0.484 e. The smallest absolute Gasteiger partial charge is 0.288 e. The van der Waals surface area contributed by atoms with Crippen molar-refractivity contribution in [2.24, 2.45) is 0 Å². The van der Waals surface area contributed by atoms with Gasteiger partial charge in [0.05, 0.1) is 0 Å². The molecule has 0 radical (unpaired) electrons. The number of amides is 1. The SMILES string of the molecule is Cc1csc(-c2ccc(OCC(=O)Nc3ccc(SC(F)F)cc3)cc2)n1. The Morgan fingerprint density at radius 1 is 1.19 bits per heavy atom. The number of rotatable bonds is 7. The van der Waals surface area contributed by atoms with Crippen LogP contribution in [0.3, 0.4) is 0 Å². The number of hydrogen-bond acceptors (Lipinski definition) is 5. The first-order valence-corrected chi connectivity index (χ1v) is 9.75. The molecule has 0 spiro atoms. The van der Waals surface area contributed by atoms with Crippen LogP contribution in [0.15, 0.2) is 58.8 Å². The van der Waals surface area contributed by atoms with Gasteiger partial charge in [0, 0.05) is 27.2 Å². The van der Waals surface area contributed by atoms with Crippen LogP contribution >= 0.6 is 23.1 Å². The minimum absolute atomic E-state index is 0.150. The molecule has 2 aromatic carbocycles. The van der Waals surface area contributed by atoms with Crippen LogP contribution in [0.1, 0.15) is 5.69 Å². The molecule has 3 aromatic rings. The van der Waals surface area contributed by atoms with E-state index in [1.165, 1.54) is 12.1 Å². The van der Waals surface area contributed by atoms with Crippen LogP contribution in [0.5, 0.6) is 5.75 Å². The molecule has 0 aliphatic carbocycles. The number of thioether (sulfide) groups is 1. The Hall–Kier alpha value is -2.45. The molecule has 0 saturated heterocycles. The highest BCUT2D eigenvalue weighted by molar-refractivity contribution is 7.99. The van der Waals surface area contributed by atoms with Gasteiger partial charge in [-0.15, -0.1) is 11.3 Å². The zero-order valence-corrected chi connectivity index (χ0v) is 15.9. The van der Waals surface area contributed by atoms with E-state index in [0.717, 1.165) is 16.3 Å². The number of aromatic nitrogens is 1. The number of hydrogen-bond donors (Lipinski definition) is 1. The van der Waals surface area contributed by atoms with E-state index in [-0.39, 0.29) is 12.5 Å². The second-order valence-corrected chi connectivity index (χ2v) is 7.48. The third-order valence-corrected chi connectivity index (χ3v) is 5.19. The quantitative estimate of drug-likeness (QED) is 0.530. The number of nitrogens with zero attached hydrogens (tertiary/aromatic N) is 1. The molecular formula is C19H16F2N2O2S2. The number of carbonyl (C=O) groups is 1. The number of alkyl halides is 2. The maximum absolute atomic E-state index is 12.3. The lowest BCUT2D eigenvalue weighted by Crippen LogP contribution is -2.20. The highest BCUT2D eigenvalue weighted by Crippen LogP contribution is 2.27. The Kier molecular flexibility index (Phi) is 6.41. The van der Waals surface area contributed by atoms with E-state index < -0.39 is 5.76 Å². The summed E-state index contributed by atoms with van der Waals surface area (Å²) < 4.78 is 30.1. The largest absolute Gasteiger partial charge is 0.484 e. The molecule has 1 heterocycles. The van der Waals surface area contributed by atoms with Gasteiger partial charge in [-0.25, -0.2) is 4.98 Å². The maximum atomic E-state index is 12.3. The summed E-state index contributed by atoms with van der Waals surface area (Å²) in [6, 6.07) is 13.6. The van der Waals surface area contributed by atoms with Crippen molar-refractivity contribution in [3.8, 4) is 16.3 Å². The average molecular weight is 406 g/mol. The summed E-state index contributed by atoms with van der Waals surface area (Å²) in [5.41, 5.74) is 2.50. The zero-order valence-electron chi connectivity index (χ0n) is 14.3. The number of aryl methyl sites for hydroxylation is 1. The molecule has 4 nitrogen and oxygen atoms in total. The second-order valence-electron chi connectivity index (χ2n) is 5.56. The summed E-state index contributed by atoms with van der Waals surface area (Å²) in [7, 11) is 0. The Labute approximate surface area is 163 Å². The van der Waals surface area contributed by atoms with Crippen LogP contribution in [0.4, 0.5) is 14.5 Å². The second kappa shape index (κ2) is 8.96. The Morgan fingerprint density at radius 3 is 2.48 bits per heavy atom. The van der Waals surface area contributed by atoms with Gasteiger partial charge in [0.15, 0.2) is 6.61 Å². The first-order valence-electron chi connectivity index (χ1n) is 8.00. The maximum Gasteiger partial charge on any atom is 0.288 e. The van der Waals surface area contributed by atoms with Crippen LogP contribution in [-0.2, 0) is 4.79 Å². The predicted octanol–water partition coefficient (Wildman–Crippen LogP) is 5.45. The highest BCUT2D eigenvalue weighted by Gasteiger charge is 2.08. The highest BCUT2D eigenvalue weighted by atomic mass is 32.2. The van der Waals surface area contributed by atoms with E-state index in [0.29, 0.717) is 28.1 Å². The summed E-state index contributed by atoms with van der Waals surface area (Å²) in [5, 5.41) is 5.59. The fourth-order valence-corrected chi connectivity index (χ4v) is 3.55. The molecule has 0 bridgehead atoms. The summed E-state index contributed by atoms with van der Waals surface area (Å²) >= 11 is 2.03. The lowest BCUT2D eigenvalue weighted by Gasteiger charge is -2.08. The molecule has 1 aromatic heterocycles. The van der Waals surface area contributed by atoms with Crippen LogP contribution in [0, 0.1) is 6.92 Å². The van der Waals surface area contributed by atoms with Gasteiger partial charge in [0.1, 0.15) is 10.8 Å². The van der Waals surface area contributed by atoms with Crippen molar-refractivity contribution in [1.82, 2.24) is 4.98 Å². The van der Waals surface area contributed by atoms with Gasteiger partial charge in [0.2, 0.25) is 0 Å². The summed E-state index contributed by atoms with van der Waals surface area (Å²) in [5.74, 6) is -2.22. The van der Waals surface area contributed by atoms with Crippen LogP contribution in [-0.4, -0.2) is 23.3 Å². The molecule has 0 saturated carbocycles. The summed E-state index contributed by atoms with van der Waals surface area (Å²) in [6.07, 6.45) is 0. The van der Waals surface area contributed by atoms with Gasteiger partial charge in [0.25, 0.3) is 11.7 Å². The number of nitrogens with one attached hydrogen (secondary N) is 1. The van der Waals surface area contributed by atoms with Crippen molar-refractivity contribution in [1.29, 1.82) is 0 Å². The molecule has 0 fully saturated rings. The number of halogens is 2. The van der Waals surface area contributed by atoms with Gasteiger partial charge >= 0.3 is 0 Å². The average Bonchev–Trinajstić information content (AvgIpc) is 3.08. The topological polar surface area (TPSA) is 51.2 Å². The van der Waals surface area contributed by atoms with Crippen molar-refractivity contribution in [2.75, 3.05) is 11.9 Å². The minimum atomic E-state index is -2.47. The van der Waals surface area contributed by atoms with Gasteiger partial charge < -0.3 is 10.1 Å². The molecule has 0 aliphatic heterocycles. The first-order chi connectivity index (χ1) is 13.0. The van der Waals surface area contributed by atoms with Crippen molar-refractivity contribution in [3.63, 3.8) is 0 Å². The molecule has 140 valence electrons. The third-order valence-electron chi connectivity index (χ3n) is 3.45. The molecule has 8 heteroatoms. The molecule has 1 N–H and O–H groups in total. The number of thiazole rings is 1. The van der Waals surface area contributed by atoms with E-state index in [2.05, 4.69) is 10.3 Å². The van der Waals surface area contributed by atoms with E-state index in [1.807, 2.05) is 24.4 Å². The number of anilines is 1. The van der Waals surface area contributed by atoms with Gasteiger partial charge in [-0.05, 0) is 55.5 Å². The van der Waals surface area contributed by atoms with Gasteiger partial charge in [-0.2, -0.15) is 8.78 Å². The molecule has 0 aliphatic rings. The number of ether oxygens (including phenoxy) is 1. The standard InChI is InChI=1S/C19H16F2N2O2S2/c1-12-11-26-18(22-12)13-2-6-15(7-3-13)25-10-17(24)23-14-4-8-16(9-5-14)27-19(20)21/h2-9,11,19H,10H2,1H3,(H,23,24). The zero-order chi connectivity index (χ0) is 19.2. The monoisotopic (exact) mass is 406 g/mol. The molecule has 0 atom stereocenters. The molecule has 3 rings (SSSR count). The van der Waals surface area contributed by atoms with Gasteiger partial charge in [-0.1, -0.05) is 11.8 Å². The predicted molar refractivity (Wildman–Crippen MR) is 105 cm³/mol. The summed E-state index contributed by atoms with van der Waals surface area (Å²) in [4.78, 5) is 16.8. The van der Waals surface area contributed by atoms with Crippen molar-refractivity contribution < 1.29 is 18.3 Å². The van der Waals surface area contributed by atoms with E-state index in [1.54, 1.807) is 35.6 Å². The number of carbonyl (C=O) groups excluding carboxylic acids is 1. The van der Waals surface area contributed by atoms with Crippen LogP contribution in [0.2, 0.25) is 0 Å². The van der Waals surface area contributed by atoms with Crippen LogP contribution in [0.25, 0.3) is 10.6 Å². The van der Waals surface area contributed by atoms with E-state index in [9.17, 15) is 13.6 Å². The number of benzene rings is 2. The Morgan fingerprint density at radius 2 is 1.89 bits per heavy atom. The summed E-state index contributed by atoms with van der Waals surface area (Å²) in [6.45, 7) is 1.80.